The molecule has 106 valence electrons. The summed E-state index contributed by atoms with van der Waals surface area (Å²) in [4.78, 5) is 0. The Kier molecular flexibility index (Phi) is 7.00. The van der Waals surface area contributed by atoms with Crippen molar-refractivity contribution in [2.24, 2.45) is 0 Å². The topological polar surface area (TPSA) is 50.7 Å². The molecule has 0 aliphatic heterocycles. The molecule has 0 radical (unpaired) electrons. The normalized spacial score (nSPS) is 12.1. The molecule has 0 amide bonds. The standard InChI is InChI=1S/C15H23NO3/c1-4-5-9-19-10-8-16-12(2)14-11-13(18-3)6-7-15(14)17/h4,6-7,11-12,16-17H,1,5,8-10H2,2-3H3. The van der Waals surface area contributed by atoms with E-state index in [1.807, 2.05) is 19.1 Å². The minimum atomic E-state index is 0.0399. The van der Waals surface area contributed by atoms with Gasteiger partial charge in [0.15, 0.2) is 0 Å². The van der Waals surface area contributed by atoms with Crippen LogP contribution in [-0.4, -0.2) is 32.0 Å². The smallest absolute Gasteiger partial charge is 0.120 e. The summed E-state index contributed by atoms with van der Waals surface area (Å²) in [7, 11) is 1.61. The van der Waals surface area contributed by atoms with Crippen LogP contribution in [0.3, 0.4) is 0 Å². The molecule has 0 aliphatic rings. The molecule has 0 spiro atoms. The first kappa shape index (κ1) is 15.5. The first-order valence-corrected chi connectivity index (χ1v) is 6.48. The van der Waals surface area contributed by atoms with E-state index < -0.39 is 0 Å². The molecule has 2 N–H and O–H groups in total. The number of nitrogens with one attached hydrogen (secondary N) is 1. The maximum atomic E-state index is 9.84. The number of aromatic hydroxyl groups is 1. The molecule has 0 fully saturated rings. The predicted octanol–water partition coefficient (Wildman–Crippen LogP) is 2.64. The largest absolute Gasteiger partial charge is 0.508 e. The molecule has 0 saturated carbocycles. The summed E-state index contributed by atoms with van der Waals surface area (Å²) in [6.07, 6.45) is 2.70. The fourth-order valence-electron chi connectivity index (χ4n) is 1.73. The van der Waals surface area contributed by atoms with Gasteiger partial charge in [0, 0.05) is 18.2 Å². The van der Waals surface area contributed by atoms with E-state index in [4.69, 9.17) is 9.47 Å². The van der Waals surface area contributed by atoms with E-state index in [0.717, 1.165) is 24.3 Å². The third-order valence-corrected chi connectivity index (χ3v) is 2.86. The average Bonchev–Trinajstić information content (AvgIpc) is 2.43. The summed E-state index contributed by atoms with van der Waals surface area (Å²) in [6.45, 7) is 7.71. The lowest BCUT2D eigenvalue weighted by atomic mass is 10.1. The van der Waals surface area contributed by atoms with E-state index >= 15 is 0 Å². The fourth-order valence-corrected chi connectivity index (χ4v) is 1.73. The van der Waals surface area contributed by atoms with Gasteiger partial charge in [0.2, 0.25) is 0 Å². The number of hydrogen-bond acceptors (Lipinski definition) is 4. The Morgan fingerprint density at radius 2 is 2.21 bits per heavy atom. The highest BCUT2D eigenvalue weighted by Crippen LogP contribution is 2.27. The Morgan fingerprint density at radius 1 is 1.42 bits per heavy atom. The van der Waals surface area contributed by atoms with Gasteiger partial charge in [0.25, 0.3) is 0 Å². The molecule has 0 bridgehead atoms. The third kappa shape index (κ3) is 5.32. The number of ether oxygens (including phenoxy) is 2. The van der Waals surface area contributed by atoms with E-state index in [9.17, 15) is 5.11 Å². The first-order chi connectivity index (χ1) is 9.19. The molecule has 1 rings (SSSR count). The summed E-state index contributed by atoms with van der Waals surface area (Å²) in [6, 6.07) is 5.26. The van der Waals surface area contributed by atoms with Crippen LogP contribution >= 0.6 is 0 Å². The highest BCUT2D eigenvalue weighted by molar-refractivity contribution is 5.41. The Balaban J connectivity index is 2.40. The predicted molar refractivity (Wildman–Crippen MR) is 76.7 cm³/mol. The molecular formula is C15H23NO3. The van der Waals surface area contributed by atoms with Gasteiger partial charge >= 0.3 is 0 Å². The van der Waals surface area contributed by atoms with E-state index in [-0.39, 0.29) is 11.8 Å². The van der Waals surface area contributed by atoms with Gasteiger partial charge in [-0.25, -0.2) is 0 Å². The van der Waals surface area contributed by atoms with Gasteiger partial charge in [0.1, 0.15) is 11.5 Å². The zero-order chi connectivity index (χ0) is 14.1. The monoisotopic (exact) mass is 265 g/mol. The van der Waals surface area contributed by atoms with E-state index in [1.165, 1.54) is 0 Å². The Hall–Kier alpha value is -1.52. The second-order valence-corrected chi connectivity index (χ2v) is 4.29. The highest BCUT2D eigenvalue weighted by atomic mass is 16.5. The number of phenolic OH excluding ortho intramolecular Hbond substituents is 1. The van der Waals surface area contributed by atoms with Crippen molar-refractivity contribution in [3.05, 3.63) is 36.4 Å². The SMILES string of the molecule is C=CCCOCCNC(C)c1cc(OC)ccc1O. The molecule has 0 aliphatic carbocycles. The van der Waals surface area contributed by atoms with Crippen molar-refractivity contribution in [3.63, 3.8) is 0 Å². The molecule has 4 heteroatoms. The molecule has 1 unspecified atom stereocenters. The number of hydrogen-bond donors (Lipinski definition) is 2. The molecule has 1 aromatic rings. The summed E-state index contributed by atoms with van der Waals surface area (Å²) in [5, 5.41) is 13.1. The molecule has 1 aromatic carbocycles. The van der Waals surface area contributed by atoms with E-state index in [0.29, 0.717) is 13.2 Å². The molecular weight excluding hydrogens is 242 g/mol. The summed E-state index contributed by atoms with van der Waals surface area (Å²) >= 11 is 0. The van der Waals surface area contributed by atoms with Crippen molar-refractivity contribution < 1.29 is 14.6 Å². The van der Waals surface area contributed by atoms with E-state index in [1.54, 1.807) is 19.2 Å². The van der Waals surface area contributed by atoms with Crippen molar-refractivity contribution in [2.75, 3.05) is 26.9 Å². The van der Waals surface area contributed by atoms with Crippen molar-refractivity contribution in [1.29, 1.82) is 0 Å². The lowest BCUT2D eigenvalue weighted by Gasteiger charge is -2.16. The lowest BCUT2D eigenvalue weighted by molar-refractivity contribution is 0.138. The highest BCUT2D eigenvalue weighted by Gasteiger charge is 2.10. The van der Waals surface area contributed by atoms with Gasteiger partial charge in [-0.05, 0) is 31.5 Å². The van der Waals surface area contributed by atoms with Crippen LogP contribution in [0.1, 0.15) is 24.9 Å². The average molecular weight is 265 g/mol. The fraction of sp³-hybridized carbons (Fsp3) is 0.467. The van der Waals surface area contributed by atoms with Gasteiger partial charge < -0.3 is 19.9 Å². The molecule has 1 atom stereocenters. The van der Waals surface area contributed by atoms with Crippen LogP contribution in [0.4, 0.5) is 0 Å². The molecule has 4 nitrogen and oxygen atoms in total. The Morgan fingerprint density at radius 3 is 2.89 bits per heavy atom. The van der Waals surface area contributed by atoms with Gasteiger partial charge in [-0.3, -0.25) is 0 Å². The van der Waals surface area contributed by atoms with Gasteiger partial charge in [-0.2, -0.15) is 0 Å². The molecule has 0 aromatic heterocycles. The van der Waals surface area contributed by atoms with Crippen LogP contribution in [-0.2, 0) is 4.74 Å². The zero-order valence-electron chi connectivity index (χ0n) is 11.7. The molecule has 0 saturated heterocycles. The van der Waals surface area contributed by atoms with E-state index in [2.05, 4.69) is 11.9 Å². The first-order valence-electron chi connectivity index (χ1n) is 6.48. The second kappa shape index (κ2) is 8.56. The number of methoxy groups -OCH3 is 1. The van der Waals surface area contributed by atoms with Crippen molar-refractivity contribution in [3.8, 4) is 11.5 Å². The van der Waals surface area contributed by atoms with Gasteiger partial charge in [-0.1, -0.05) is 6.08 Å². The summed E-state index contributed by atoms with van der Waals surface area (Å²) in [5.41, 5.74) is 0.824. The zero-order valence-corrected chi connectivity index (χ0v) is 11.7. The minimum absolute atomic E-state index is 0.0399. The lowest BCUT2D eigenvalue weighted by Crippen LogP contribution is -2.23. The quantitative estimate of drug-likeness (QED) is 0.532. The van der Waals surface area contributed by atoms with Gasteiger partial charge in [-0.15, -0.1) is 6.58 Å². The van der Waals surface area contributed by atoms with Crippen LogP contribution in [0.2, 0.25) is 0 Å². The second-order valence-electron chi connectivity index (χ2n) is 4.29. The maximum absolute atomic E-state index is 9.84. The maximum Gasteiger partial charge on any atom is 0.120 e. The molecule has 0 heterocycles. The number of benzene rings is 1. The minimum Gasteiger partial charge on any atom is -0.508 e. The van der Waals surface area contributed by atoms with Gasteiger partial charge in [0.05, 0.1) is 20.3 Å². The number of phenols is 1. The van der Waals surface area contributed by atoms with Crippen LogP contribution in [0.5, 0.6) is 11.5 Å². The number of rotatable bonds is 9. The van der Waals surface area contributed by atoms with Crippen LogP contribution < -0.4 is 10.1 Å². The van der Waals surface area contributed by atoms with Crippen LogP contribution in [0, 0.1) is 0 Å². The van der Waals surface area contributed by atoms with Crippen molar-refractivity contribution in [2.45, 2.75) is 19.4 Å². The third-order valence-electron chi connectivity index (χ3n) is 2.86. The Bertz CT molecular complexity index is 393. The van der Waals surface area contributed by atoms with Crippen molar-refractivity contribution in [1.82, 2.24) is 5.32 Å². The summed E-state index contributed by atoms with van der Waals surface area (Å²) in [5.74, 6) is 1.01. The Labute approximate surface area is 115 Å². The molecule has 19 heavy (non-hydrogen) atoms. The summed E-state index contributed by atoms with van der Waals surface area (Å²) < 4.78 is 10.6. The van der Waals surface area contributed by atoms with Crippen LogP contribution in [0.25, 0.3) is 0 Å². The van der Waals surface area contributed by atoms with Crippen molar-refractivity contribution >= 4 is 0 Å². The van der Waals surface area contributed by atoms with Crippen LogP contribution in [0.15, 0.2) is 30.9 Å².